The van der Waals surface area contributed by atoms with Crippen molar-refractivity contribution < 1.29 is 93.6 Å². The number of hydrogen-bond acceptors (Lipinski definition) is 14. The Kier molecular flexibility index (Phi) is 21.2. The SMILES string of the molecule is C[C@@H]1[C@@H]2CN(C(=O)[C@H](C(C)(C)C)NC(=O)O[C@@H]3CCC[C@H]3CCCCCc3nc4ccc(F)cc4nc3O2)[C@@H]1[C-]=O.C[C@@H]1[C@@H]2CN(C(=O)[C@H](C(C)(C)C)NC(=O)O[C@@H]3C[C@H]3CCCCCc3nc4ccc(F)cc4nc3O2)[C@@H]1[C-]=O.[V].[V]. The van der Waals surface area contributed by atoms with Gasteiger partial charge in [0.05, 0.1) is 35.2 Å². The third kappa shape index (κ3) is 14.9. The fraction of sp³-hybridized carbons (Fsp3) is 0.633. The molecule has 2 saturated heterocycles. The van der Waals surface area contributed by atoms with Crippen LogP contribution in [0.15, 0.2) is 36.4 Å². The molecule has 18 nitrogen and oxygen atoms in total. The van der Waals surface area contributed by atoms with Crippen LogP contribution < -0.4 is 20.1 Å². The summed E-state index contributed by atoms with van der Waals surface area (Å²) in [6.07, 6.45) is 13.8. The van der Waals surface area contributed by atoms with Gasteiger partial charge in [0.1, 0.15) is 59.5 Å². The van der Waals surface area contributed by atoms with Crippen LogP contribution in [0.3, 0.4) is 0 Å². The molecule has 2 saturated carbocycles. The molecule has 22 heteroatoms. The molecule has 0 spiro atoms. The van der Waals surface area contributed by atoms with Crippen molar-refractivity contribution in [2.24, 2.45) is 34.5 Å². The molecule has 442 valence electrons. The van der Waals surface area contributed by atoms with Crippen molar-refractivity contribution in [2.75, 3.05) is 13.1 Å². The maximum Gasteiger partial charge on any atom is 0.408 e. The van der Waals surface area contributed by atoms with Crippen molar-refractivity contribution in [1.29, 1.82) is 0 Å². The van der Waals surface area contributed by atoms with E-state index in [0.717, 1.165) is 77.0 Å². The molecule has 12 atom stereocenters. The average molecular weight is 1210 g/mol. The van der Waals surface area contributed by atoms with Gasteiger partial charge in [-0.3, -0.25) is 9.59 Å². The first kappa shape index (κ1) is 64.1. The molecule has 2 aromatic carbocycles. The first-order valence-corrected chi connectivity index (χ1v) is 28.7. The monoisotopic (exact) mass is 1210 g/mol. The number of nitrogens with zero attached hydrogens (tertiary/aromatic N) is 6. The molecule has 0 unspecified atom stereocenters. The molecule has 2 radical (unpaired) electrons. The number of nitrogens with one attached hydrogen (secondary N) is 2. The molecular weight excluding hydrogens is 1130 g/mol. The van der Waals surface area contributed by atoms with E-state index >= 15 is 0 Å². The van der Waals surface area contributed by atoms with Gasteiger partial charge in [-0.25, -0.2) is 50.9 Å². The second kappa shape index (κ2) is 27.1. The van der Waals surface area contributed by atoms with Crippen molar-refractivity contribution in [3.63, 3.8) is 0 Å². The number of rotatable bonds is 2. The minimum absolute atomic E-state index is 0. The zero-order valence-electron chi connectivity index (χ0n) is 48.1. The smallest absolute Gasteiger partial charge is 0.408 e. The molecule has 2 N–H and O–H groups in total. The number of alkyl carbamates (subject to hydrolysis) is 2. The second-order valence-electron chi connectivity index (χ2n) is 25.0. The van der Waals surface area contributed by atoms with Crippen molar-refractivity contribution in [3.8, 4) is 11.8 Å². The summed E-state index contributed by atoms with van der Waals surface area (Å²) >= 11 is 0. The summed E-state index contributed by atoms with van der Waals surface area (Å²) in [5.74, 6) is -1.23. The van der Waals surface area contributed by atoms with E-state index in [1.807, 2.05) is 68.0 Å². The maximum absolute atomic E-state index is 14.0. The van der Waals surface area contributed by atoms with Gasteiger partial charge in [-0.05, 0) is 123 Å². The first-order valence-electron chi connectivity index (χ1n) is 28.7. The van der Waals surface area contributed by atoms with E-state index in [2.05, 4.69) is 20.6 Å². The summed E-state index contributed by atoms with van der Waals surface area (Å²) in [7, 11) is 0. The van der Waals surface area contributed by atoms with E-state index in [1.165, 1.54) is 34.1 Å². The molecule has 4 fully saturated rings. The number of halogens is 2. The van der Waals surface area contributed by atoms with Gasteiger partial charge in [0.2, 0.25) is 23.6 Å². The zero-order valence-corrected chi connectivity index (χ0v) is 50.9. The van der Waals surface area contributed by atoms with E-state index in [9.17, 15) is 37.5 Å². The van der Waals surface area contributed by atoms with Crippen LogP contribution in [-0.4, -0.2) is 128 Å². The summed E-state index contributed by atoms with van der Waals surface area (Å²) in [6.45, 7) is 15.0. The van der Waals surface area contributed by atoms with Crippen LogP contribution in [0, 0.1) is 46.1 Å². The predicted octanol–water partition coefficient (Wildman–Crippen LogP) is 9.01. The molecule has 2 aromatic heterocycles. The van der Waals surface area contributed by atoms with E-state index in [4.69, 9.17) is 28.9 Å². The quantitative estimate of drug-likeness (QED) is 0.179. The largest absolute Gasteiger partial charge is 0.540 e. The molecule has 10 rings (SSSR count). The Morgan fingerprint density at radius 2 is 0.951 bits per heavy atom. The van der Waals surface area contributed by atoms with Gasteiger partial charge in [-0.15, -0.1) is 0 Å². The minimum Gasteiger partial charge on any atom is -0.540 e. The van der Waals surface area contributed by atoms with E-state index in [0.29, 0.717) is 64.0 Å². The summed E-state index contributed by atoms with van der Waals surface area (Å²) < 4.78 is 52.2. The number of carbonyl (C=O) groups excluding carboxylic acids is 6. The Morgan fingerprint density at radius 1 is 0.524 bits per heavy atom. The molecular formula is C60H76F2N8O10V2-2. The number of ether oxygens (including phenoxy) is 4. The third-order valence-electron chi connectivity index (χ3n) is 16.9. The Balaban J connectivity index is 0.000000231. The van der Waals surface area contributed by atoms with Gasteiger partial charge in [0.25, 0.3) is 0 Å². The standard InChI is InChI=1S/C31H40FN4O5.C29H36FN4O5.2V/c1-18-24(17-37)36-16-26(18)40-28-22(33-21-14-13-20(32)15-23(21)34-28)11-7-5-6-9-19-10-8-12-25(19)41-30(39)35-27(29(36)38)31(2,3)4;1-16-22(15-35)34-14-24(16)38-26-20(31-19-11-10-18(30)13-21(19)32-26)9-7-5-6-8-17-12-23(17)39-28(37)33-25(27(34)36)29(2,3)4;;/h13-15,18-19,24-27H,5-12,16H2,1-4H3,(H,35,39);10-11,13,16-17,22-25H,5-9,12,14H2,1-4H3,(H,33,37);;/q2*-1;;/t18-,19+,24+,25+,26-,27+;16-,17+,22+,23+,24-,25+;;/m00../s1. The van der Waals surface area contributed by atoms with Crippen molar-refractivity contribution in [2.45, 2.75) is 194 Å². The summed E-state index contributed by atoms with van der Waals surface area (Å²) in [4.78, 5) is 99.4. The zero-order chi connectivity index (χ0) is 57.2. The summed E-state index contributed by atoms with van der Waals surface area (Å²) in [5, 5.41) is 5.60. The Labute approximate surface area is 502 Å². The fourth-order valence-corrected chi connectivity index (χ4v) is 12.0. The second-order valence-corrected chi connectivity index (χ2v) is 25.0. The number of fused-ring (bicyclic) bond motifs is 10. The predicted molar refractivity (Wildman–Crippen MR) is 292 cm³/mol. The van der Waals surface area contributed by atoms with Gasteiger partial charge in [-0.1, -0.05) is 93.2 Å². The van der Waals surface area contributed by atoms with Gasteiger partial charge < -0.3 is 49.0 Å². The summed E-state index contributed by atoms with van der Waals surface area (Å²) in [6, 6.07) is 5.01. The van der Waals surface area contributed by atoms with Crippen LogP contribution in [0.25, 0.3) is 22.1 Å². The Bertz CT molecular complexity index is 2970. The number of aryl methyl sites for hydroxylation is 2. The first-order chi connectivity index (χ1) is 38.1. The minimum atomic E-state index is -0.922. The molecule has 82 heavy (non-hydrogen) atoms. The molecule has 2 aliphatic carbocycles. The topological polar surface area (TPSA) is 221 Å². The molecule has 6 heterocycles. The number of aromatic nitrogens is 4. The van der Waals surface area contributed by atoms with E-state index < -0.39 is 94.7 Å². The number of carbonyl (C=O) groups is 4. The van der Waals surface area contributed by atoms with Crippen LogP contribution in [0.1, 0.15) is 144 Å². The molecule has 6 aliphatic rings. The van der Waals surface area contributed by atoms with Crippen molar-refractivity contribution in [1.82, 2.24) is 40.4 Å². The number of hydrogen-bond donors (Lipinski definition) is 2. The van der Waals surface area contributed by atoms with Gasteiger partial charge in [0, 0.05) is 49.2 Å². The molecule has 4 bridgehead atoms. The van der Waals surface area contributed by atoms with E-state index in [-0.39, 0.29) is 68.3 Å². The van der Waals surface area contributed by atoms with Crippen LogP contribution in [0.2, 0.25) is 0 Å². The molecule has 4 aliphatic heterocycles. The van der Waals surface area contributed by atoms with Crippen molar-refractivity contribution >= 4 is 58.6 Å². The van der Waals surface area contributed by atoms with E-state index in [1.54, 1.807) is 12.1 Å². The average Bonchev–Trinajstić information content (AvgIpc) is 3.89. The molecule has 4 amide bonds. The van der Waals surface area contributed by atoms with Crippen molar-refractivity contribution in [3.05, 3.63) is 59.4 Å². The van der Waals surface area contributed by atoms with Crippen LogP contribution in [-0.2, 0) is 78.6 Å². The van der Waals surface area contributed by atoms with Gasteiger partial charge >= 0.3 is 12.2 Å². The molecule has 4 aromatic rings. The maximum atomic E-state index is 14.0. The van der Waals surface area contributed by atoms with Crippen LogP contribution >= 0.6 is 0 Å². The Hall–Kier alpha value is -5.43. The third-order valence-corrected chi connectivity index (χ3v) is 16.9. The fourth-order valence-electron chi connectivity index (χ4n) is 12.0. The summed E-state index contributed by atoms with van der Waals surface area (Å²) in [5.41, 5.74) is 1.98. The van der Waals surface area contributed by atoms with Gasteiger partial charge in [-0.2, -0.15) is 0 Å². The van der Waals surface area contributed by atoms with Crippen LogP contribution in [0.4, 0.5) is 18.4 Å². The number of amides is 4. The number of benzene rings is 2. The normalized spacial score (nSPS) is 29.3. The van der Waals surface area contributed by atoms with Crippen LogP contribution in [0.5, 0.6) is 11.8 Å². The van der Waals surface area contributed by atoms with Gasteiger partial charge in [0.15, 0.2) is 0 Å². The Morgan fingerprint density at radius 3 is 1.39 bits per heavy atom.